The van der Waals surface area contributed by atoms with Gasteiger partial charge in [0.25, 0.3) is 11.8 Å². The van der Waals surface area contributed by atoms with Crippen molar-refractivity contribution in [3.05, 3.63) is 99.8 Å². The number of halogens is 2. The van der Waals surface area contributed by atoms with Crippen LogP contribution in [0, 0.1) is 18.7 Å². The Morgan fingerprint density at radius 1 is 0.970 bits per heavy atom. The van der Waals surface area contributed by atoms with Crippen molar-refractivity contribution in [1.82, 2.24) is 10.4 Å². The van der Waals surface area contributed by atoms with Crippen LogP contribution in [0.25, 0.3) is 0 Å². The molecule has 2 fully saturated rings. The molecular formula is C25H19BrFN3O3. The Hall–Kier alpha value is -3.36. The first-order chi connectivity index (χ1) is 15.8. The third-order valence-electron chi connectivity index (χ3n) is 6.01. The van der Waals surface area contributed by atoms with E-state index in [0.717, 1.165) is 14.9 Å². The molecule has 3 unspecified atom stereocenters. The Labute approximate surface area is 198 Å². The third kappa shape index (κ3) is 3.65. The zero-order valence-electron chi connectivity index (χ0n) is 17.5. The summed E-state index contributed by atoms with van der Waals surface area (Å²) in [6.45, 7) is 1.88. The van der Waals surface area contributed by atoms with Crippen molar-refractivity contribution in [2.75, 3.05) is 4.90 Å². The van der Waals surface area contributed by atoms with Crippen molar-refractivity contribution in [3.8, 4) is 0 Å². The molecule has 33 heavy (non-hydrogen) atoms. The molecule has 2 aliphatic heterocycles. The highest BCUT2D eigenvalue weighted by Gasteiger charge is 2.60. The number of carbonyl (C=O) groups is 3. The Balaban J connectivity index is 1.59. The van der Waals surface area contributed by atoms with E-state index in [1.54, 1.807) is 54.6 Å². The molecule has 3 atom stereocenters. The van der Waals surface area contributed by atoms with Crippen LogP contribution in [0.3, 0.4) is 0 Å². The Morgan fingerprint density at radius 2 is 1.70 bits per heavy atom. The number of nitrogens with zero attached hydrogens (tertiary/aromatic N) is 2. The van der Waals surface area contributed by atoms with E-state index in [-0.39, 0.29) is 0 Å². The molecule has 0 radical (unpaired) electrons. The highest BCUT2D eigenvalue weighted by Crippen LogP contribution is 2.42. The number of hydrogen-bond acceptors (Lipinski definition) is 4. The molecule has 3 aromatic carbocycles. The molecule has 3 amide bonds. The van der Waals surface area contributed by atoms with Crippen LogP contribution in [0.5, 0.6) is 0 Å². The molecule has 2 heterocycles. The number of hydrazine groups is 1. The number of imide groups is 1. The smallest absolute Gasteiger partial charge is 0.268 e. The number of anilines is 1. The van der Waals surface area contributed by atoms with Gasteiger partial charge in [0.05, 0.1) is 17.6 Å². The summed E-state index contributed by atoms with van der Waals surface area (Å²) in [5, 5.41) is 1.25. The van der Waals surface area contributed by atoms with Crippen LogP contribution in [0.1, 0.15) is 27.5 Å². The number of nitrogens with one attached hydrogen (secondary N) is 1. The van der Waals surface area contributed by atoms with Gasteiger partial charge in [0.1, 0.15) is 11.9 Å². The maximum absolute atomic E-state index is 13.6. The van der Waals surface area contributed by atoms with E-state index >= 15 is 0 Å². The molecule has 0 saturated carbocycles. The molecule has 166 valence electrons. The lowest BCUT2D eigenvalue weighted by Crippen LogP contribution is -2.48. The van der Waals surface area contributed by atoms with Gasteiger partial charge in [0, 0.05) is 10.0 Å². The molecule has 6 nitrogen and oxygen atoms in total. The molecule has 8 heteroatoms. The average molecular weight is 508 g/mol. The summed E-state index contributed by atoms with van der Waals surface area (Å²) in [5.74, 6) is -2.56. The van der Waals surface area contributed by atoms with Crippen LogP contribution in [-0.2, 0) is 9.59 Å². The van der Waals surface area contributed by atoms with Crippen molar-refractivity contribution < 1.29 is 18.8 Å². The van der Waals surface area contributed by atoms with Crippen LogP contribution in [-0.4, -0.2) is 28.8 Å². The van der Waals surface area contributed by atoms with Crippen LogP contribution in [0.15, 0.2) is 77.3 Å². The Bertz CT molecular complexity index is 1280. The number of benzene rings is 3. The van der Waals surface area contributed by atoms with Gasteiger partial charge in [0.15, 0.2) is 0 Å². The van der Waals surface area contributed by atoms with Gasteiger partial charge in [-0.25, -0.2) is 14.7 Å². The van der Waals surface area contributed by atoms with Crippen molar-refractivity contribution in [1.29, 1.82) is 0 Å². The number of hydrogen-bond donors (Lipinski definition) is 1. The first kappa shape index (κ1) is 21.5. The van der Waals surface area contributed by atoms with E-state index < -0.39 is 41.5 Å². The van der Waals surface area contributed by atoms with Crippen LogP contribution < -0.4 is 10.3 Å². The fourth-order valence-electron chi connectivity index (χ4n) is 4.50. The van der Waals surface area contributed by atoms with Gasteiger partial charge in [-0.1, -0.05) is 46.3 Å². The maximum Gasteiger partial charge on any atom is 0.268 e. The molecule has 0 aliphatic carbocycles. The minimum Gasteiger partial charge on any atom is -0.274 e. The van der Waals surface area contributed by atoms with E-state index in [9.17, 15) is 18.8 Å². The first-order valence-corrected chi connectivity index (χ1v) is 11.2. The number of aryl methyl sites for hydroxylation is 1. The SMILES string of the molecule is Cc1cccc(N2C(=O)C3C(c4ccc(F)cc4)NN(C(=O)c4cccc(Br)c4)C3C2=O)c1. The molecular weight excluding hydrogens is 489 g/mol. The lowest BCUT2D eigenvalue weighted by molar-refractivity contribution is -0.123. The summed E-state index contributed by atoms with van der Waals surface area (Å²) < 4.78 is 14.3. The van der Waals surface area contributed by atoms with Crippen molar-refractivity contribution in [3.63, 3.8) is 0 Å². The summed E-state index contributed by atoms with van der Waals surface area (Å²) in [4.78, 5) is 41.7. The molecule has 0 spiro atoms. The van der Waals surface area contributed by atoms with Gasteiger partial charge in [-0.2, -0.15) is 0 Å². The highest BCUT2D eigenvalue weighted by atomic mass is 79.9. The number of carbonyl (C=O) groups excluding carboxylic acids is 3. The fourth-order valence-corrected chi connectivity index (χ4v) is 4.90. The molecule has 0 bridgehead atoms. The Morgan fingerprint density at radius 3 is 2.39 bits per heavy atom. The van der Waals surface area contributed by atoms with Gasteiger partial charge >= 0.3 is 0 Å². The Kier molecular flexibility index (Phi) is 5.34. The summed E-state index contributed by atoms with van der Waals surface area (Å²) in [6.07, 6.45) is 0. The second kappa shape index (κ2) is 8.20. The maximum atomic E-state index is 13.6. The normalized spacial score (nSPS) is 22.1. The number of amides is 3. The fraction of sp³-hybridized carbons (Fsp3) is 0.160. The summed E-state index contributed by atoms with van der Waals surface area (Å²) in [6, 6.07) is 18.0. The standard InChI is InChI=1S/C25H19BrFN3O3/c1-14-4-2-7-19(12-14)29-24(32)20-21(15-8-10-18(27)11-9-15)28-30(22(20)25(29)33)23(31)16-5-3-6-17(26)13-16/h2-13,20-22,28H,1H3. The van der Waals surface area contributed by atoms with E-state index in [2.05, 4.69) is 21.4 Å². The number of fused-ring (bicyclic) bond motifs is 1. The van der Waals surface area contributed by atoms with E-state index in [0.29, 0.717) is 16.8 Å². The van der Waals surface area contributed by atoms with E-state index in [4.69, 9.17) is 0 Å². The second-order valence-electron chi connectivity index (χ2n) is 8.17. The molecule has 2 saturated heterocycles. The highest BCUT2D eigenvalue weighted by molar-refractivity contribution is 9.10. The predicted octanol–water partition coefficient (Wildman–Crippen LogP) is 4.16. The first-order valence-electron chi connectivity index (χ1n) is 10.4. The summed E-state index contributed by atoms with van der Waals surface area (Å²) in [5.41, 5.74) is 5.42. The third-order valence-corrected chi connectivity index (χ3v) is 6.51. The van der Waals surface area contributed by atoms with Gasteiger partial charge in [-0.05, 0) is 60.5 Å². The van der Waals surface area contributed by atoms with Gasteiger partial charge in [0.2, 0.25) is 5.91 Å². The van der Waals surface area contributed by atoms with Gasteiger partial charge in [-0.15, -0.1) is 0 Å². The second-order valence-corrected chi connectivity index (χ2v) is 9.08. The molecule has 2 aliphatic rings. The van der Waals surface area contributed by atoms with Gasteiger partial charge in [-0.3, -0.25) is 19.4 Å². The average Bonchev–Trinajstić information content (AvgIpc) is 3.30. The number of rotatable bonds is 3. The van der Waals surface area contributed by atoms with E-state index in [1.807, 2.05) is 13.0 Å². The van der Waals surface area contributed by atoms with Gasteiger partial charge < -0.3 is 0 Å². The molecule has 5 rings (SSSR count). The largest absolute Gasteiger partial charge is 0.274 e. The van der Waals surface area contributed by atoms with E-state index in [1.165, 1.54) is 17.1 Å². The van der Waals surface area contributed by atoms with Crippen molar-refractivity contribution >= 4 is 39.3 Å². The lowest BCUT2D eigenvalue weighted by Gasteiger charge is -2.25. The monoisotopic (exact) mass is 507 g/mol. The predicted molar refractivity (Wildman–Crippen MR) is 124 cm³/mol. The zero-order chi connectivity index (χ0) is 23.3. The molecule has 0 aromatic heterocycles. The molecule has 1 N–H and O–H groups in total. The molecule has 3 aromatic rings. The summed E-state index contributed by atoms with van der Waals surface area (Å²) >= 11 is 3.36. The topological polar surface area (TPSA) is 69.7 Å². The lowest BCUT2D eigenvalue weighted by atomic mass is 9.91. The minimum atomic E-state index is -1.03. The van der Waals surface area contributed by atoms with Crippen molar-refractivity contribution in [2.24, 2.45) is 5.92 Å². The van der Waals surface area contributed by atoms with Crippen LogP contribution in [0.2, 0.25) is 0 Å². The zero-order valence-corrected chi connectivity index (χ0v) is 19.1. The summed E-state index contributed by atoms with van der Waals surface area (Å²) in [7, 11) is 0. The van der Waals surface area contributed by atoms with Crippen LogP contribution in [0.4, 0.5) is 10.1 Å². The van der Waals surface area contributed by atoms with Crippen LogP contribution >= 0.6 is 15.9 Å². The van der Waals surface area contributed by atoms with Crippen molar-refractivity contribution in [2.45, 2.75) is 19.0 Å². The quantitative estimate of drug-likeness (QED) is 0.540. The minimum absolute atomic E-state index is 0.365.